The molecule has 0 radical (unpaired) electrons. The number of rotatable bonds is 4. The first-order chi connectivity index (χ1) is 8.74. The molecule has 0 unspecified atom stereocenters. The van der Waals surface area contributed by atoms with Crippen molar-refractivity contribution in [1.29, 1.82) is 0 Å². The van der Waals surface area contributed by atoms with Crippen LogP contribution in [0.4, 0.5) is 0 Å². The van der Waals surface area contributed by atoms with Crippen LogP contribution >= 0.6 is 11.6 Å². The highest BCUT2D eigenvalue weighted by Crippen LogP contribution is 2.16. The van der Waals surface area contributed by atoms with E-state index in [1.165, 1.54) is 18.4 Å². The highest BCUT2D eigenvalue weighted by Gasteiger charge is 2.06. The molecule has 0 heterocycles. The third-order valence-electron chi connectivity index (χ3n) is 3.18. The molecule has 1 amide bonds. The molecule has 2 rings (SSSR count). The molecule has 0 atom stereocenters. The van der Waals surface area contributed by atoms with Gasteiger partial charge in [0.25, 0.3) is 0 Å². The number of amides is 1. The fraction of sp³-hybridized carbons (Fsp3) is 0.400. The van der Waals surface area contributed by atoms with E-state index in [1.807, 2.05) is 24.3 Å². The number of carbonyl (C=O) groups excluding carboxylic acids is 1. The van der Waals surface area contributed by atoms with Crippen molar-refractivity contribution in [2.45, 2.75) is 32.1 Å². The van der Waals surface area contributed by atoms with Crippen molar-refractivity contribution in [2.24, 2.45) is 0 Å². The maximum atomic E-state index is 11.8. The topological polar surface area (TPSA) is 29.1 Å². The van der Waals surface area contributed by atoms with Gasteiger partial charge in [0, 0.05) is 11.6 Å². The van der Waals surface area contributed by atoms with E-state index in [1.54, 1.807) is 0 Å². The van der Waals surface area contributed by atoms with Crippen molar-refractivity contribution in [2.75, 3.05) is 6.54 Å². The van der Waals surface area contributed by atoms with E-state index in [0.717, 1.165) is 18.4 Å². The Morgan fingerprint density at radius 3 is 2.67 bits per heavy atom. The number of nitrogens with one attached hydrogen (secondary N) is 1. The highest BCUT2D eigenvalue weighted by molar-refractivity contribution is 6.30. The molecule has 0 aromatic heterocycles. The van der Waals surface area contributed by atoms with Gasteiger partial charge in [-0.05, 0) is 43.4 Å². The third kappa shape index (κ3) is 4.19. The maximum absolute atomic E-state index is 11.8. The van der Waals surface area contributed by atoms with E-state index < -0.39 is 0 Å². The van der Waals surface area contributed by atoms with E-state index in [-0.39, 0.29) is 5.91 Å². The molecule has 0 fully saturated rings. The fourth-order valence-corrected chi connectivity index (χ4v) is 2.25. The van der Waals surface area contributed by atoms with E-state index in [2.05, 4.69) is 11.4 Å². The Bertz CT molecular complexity index is 436. The largest absolute Gasteiger partial charge is 0.352 e. The number of hydrogen-bond acceptors (Lipinski definition) is 1. The van der Waals surface area contributed by atoms with Crippen LogP contribution in [0.5, 0.6) is 0 Å². The van der Waals surface area contributed by atoms with E-state index in [4.69, 9.17) is 11.6 Å². The van der Waals surface area contributed by atoms with Crippen LogP contribution < -0.4 is 5.32 Å². The standard InChI is InChI=1S/C15H18ClNO/c16-14-8-6-12(7-9-14)10-15(18)17-11-13-4-2-1-3-5-13/h4,6-9H,1-3,5,10-11H2,(H,17,18). The van der Waals surface area contributed by atoms with Crippen LogP contribution in [0.25, 0.3) is 0 Å². The van der Waals surface area contributed by atoms with Crippen molar-refractivity contribution in [3.05, 3.63) is 46.5 Å². The van der Waals surface area contributed by atoms with Crippen molar-refractivity contribution in [3.8, 4) is 0 Å². The van der Waals surface area contributed by atoms with Crippen LogP contribution in [-0.2, 0) is 11.2 Å². The summed E-state index contributed by atoms with van der Waals surface area (Å²) in [7, 11) is 0. The molecule has 0 saturated heterocycles. The van der Waals surface area contributed by atoms with Gasteiger partial charge in [0.2, 0.25) is 5.91 Å². The predicted molar refractivity (Wildman–Crippen MR) is 74.7 cm³/mol. The molecule has 96 valence electrons. The molecule has 2 nitrogen and oxygen atoms in total. The fourth-order valence-electron chi connectivity index (χ4n) is 2.13. The van der Waals surface area contributed by atoms with Crippen molar-refractivity contribution in [1.82, 2.24) is 5.32 Å². The molecule has 1 aliphatic rings. The summed E-state index contributed by atoms with van der Waals surface area (Å²) in [5.41, 5.74) is 2.36. The first kappa shape index (κ1) is 13.2. The van der Waals surface area contributed by atoms with E-state index >= 15 is 0 Å². The molecule has 1 N–H and O–H groups in total. The van der Waals surface area contributed by atoms with Gasteiger partial charge < -0.3 is 5.32 Å². The monoisotopic (exact) mass is 263 g/mol. The lowest BCUT2D eigenvalue weighted by atomic mass is 9.99. The summed E-state index contributed by atoms with van der Waals surface area (Å²) >= 11 is 5.80. The van der Waals surface area contributed by atoms with Crippen LogP contribution in [0, 0.1) is 0 Å². The normalized spacial score (nSPS) is 15.1. The predicted octanol–water partition coefficient (Wildman–Crippen LogP) is 3.50. The summed E-state index contributed by atoms with van der Waals surface area (Å²) in [5, 5.41) is 3.68. The van der Waals surface area contributed by atoms with E-state index in [9.17, 15) is 4.79 Å². The van der Waals surface area contributed by atoms with Crippen LogP contribution in [0.2, 0.25) is 5.02 Å². The maximum Gasteiger partial charge on any atom is 0.224 e. The van der Waals surface area contributed by atoms with Crippen molar-refractivity contribution < 1.29 is 4.79 Å². The molecular weight excluding hydrogens is 246 g/mol. The van der Waals surface area contributed by atoms with Crippen molar-refractivity contribution in [3.63, 3.8) is 0 Å². The second-order valence-corrected chi connectivity index (χ2v) is 5.12. The number of carbonyl (C=O) groups is 1. The van der Waals surface area contributed by atoms with Gasteiger partial charge in [-0.1, -0.05) is 35.4 Å². The SMILES string of the molecule is O=C(Cc1ccc(Cl)cc1)NCC1=CCCCC1. The molecule has 1 aromatic rings. The molecule has 1 aliphatic carbocycles. The lowest BCUT2D eigenvalue weighted by molar-refractivity contribution is -0.120. The Morgan fingerprint density at radius 2 is 2.00 bits per heavy atom. The van der Waals surface area contributed by atoms with Gasteiger partial charge >= 0.3 is 0 Å². The average molecular weight is 264 g/mol. The smallest absolute Gasteiger partial charge is 0.224 e. The van der Waals surface area contributed by atoms with Crippen LogP contribution in [0.15, 0.2) is 35.9 Å². The molecule has 3 heteroatoms. The molecule has 0 saturated carbocycles. The molecule has 1 aromatic carbocycles. The molecule has 0 aliphatic heterocycles. The average Bonchev–Trinajstić information content (AvgIpc) is 2.40. The first-order valence-electron chi connectivity index (χ1n) is 6.43. The Hall–Kier alpha value is -1.28. The van der Waals surface area contributed by atoms with E-state index in [0.29, 0.717) is 18.0 Å². The van der Waals surface area contributed by atoms with Crippen LogP contribution in [0.1, 0.15) is 31.2 Å². The summed E-state index contributed by atoms with van der Waals surface area (Å²) in [6, 6.07) is 7.41. The highest BCUT2D eigenvalue weighted by atomic mass is 35.5. The van der Waals surface area contributed by atoms with Gasteiger partial charge in [-0.3, -0.25) is 4.79 Å². The van der Waals surface area contributed by atoms with Gasteiger partial charge in [-0.15, -0.1) is 0 Å². The van der Waals surface area contributed by atoms with Gasteiger partial charge in [-0.2, -0.15) is 0 Å². The van der Waals surface area contributed by atoms with Crippen LogP contribution in [-0.4, -0.2) is 12.5 Å². The molecular formula is C15H18ClNO. The zero-order valence-electron chi connectivity index (χ0n) is 10.4. The minimum Gasteiger partial charge on any atom is -0.352 e. The Morgan fingerprint density at radius 1 is 1.22 bits per heavy atom. The van der Waals surface area contributed by atoms with Gasteiger partial charge in [0.1, 0.15) is 0 Å². The minimum absolute atomic E-state index is 0.0730. The number of allylic oxidation sites excluding steroid dienone is 1. The Kier molecular flexibility index (Phi) is 4.82. The summed E-state index contributed by atoms with van der Waals surface area (Å²) < 4.78 is 0. The zero-order chi connectivity index (χ0) is 12.8. The number of hydrogen-bond donors (Lipinski definition) is 1. The van der Waals surface area contributed by atoms with Gasteiger partial charge in [-0.25, -0.2) is 0 Å². The van der Waals surface area contributed by atoms with Gasteiger partial charge in [0.05, 0.1) is 6.42 Å². The first-order valence-corrected chi connectivity index (χ1v) is 6.81. The zero-order valence-corrected chi connectivity index (χ0v) is 11.2. The van der Waals surface area contributed by atoms with Gasteiger partial charge in [0.15, 0.2) is 0 Å². The Balaban J connectivity index is 1.78. The van der Waals surface area contributed by atoms with Crippen LogP contribution in [0.3, 0.4) is 0 Å². The summed E-state index contributed by atoms with van der Waals surface area (Å²) in [4.78, 5) is 11.8. The quantitative estimate of drug-likeness (QED) is 0.828. The van der Waals surface area contributed by atoms with Crippen molar-refractivity contribution >= 4 is 17.5 Å². The summed E-state index contributed by atoms with van der Waals surface area (Å²) in [6.45, 7) is 0.701. The minimum atomic E-state index is 0.0730. The Labute approximate surface area is 113 Å². The summed E-state index contributed by atoms with van der Waals surface area (Å²) in [6.07, 6.45) is 7.49. The lowest BCUT2D eigenvalue weighted by Gasteiger charge is -2.13. The second-order valence-electron chi connectivity index (χ2n) is 4.69. The lowest BCUT2D eigenvalue weighted by Crippen LogP contribution is -2.27. The second kappa shape index (κ2) is 6.60. The molecule has 0 bridgehead atoms. The molecule has 18 heavy (non-hydrogen) atoms. The number of halogens is 1. The number of benzene rings is 1. The third-order valence-corrected chi connectivity index (χ3v) is 3.43. The summed E-state index contributed by atoms with van der Waals surface area (Å²) in [5.74, 6) is 0.0730. The molecule has 0 spiro atoms.